The highest BCUT2D eigenvalue weighted by molar-refractivity contribution is 5.59. The monoisotopic (exact) mass is 228 g/mol. The minimum Gasteiger partial charge on any atom is -0.381 e. The molecule has 0 amide bonds. The van der Waals surface area contributed by atoms with Crippen LogP contribution in [-0.2, 0) is 0 Å². The maximum atomic E-state index is 9.10. The maximum absolute atomic E-state index is 9.10. The first-order valence-electron chi connectivity index (χ1n) is 6.27. The van der Waals surface area contributed by atoms with Crippen molar-refractivity contribution < 1.29 is 0 Å². The summed E-state index contributed by atoms with van der Waals surface area (Å²) < 4.78 is 0. The van der Waals surface area contributed by atoms with E-state index in [1.165, 1.54) is 24.8 Å². The molecule has 1 aromatic carbocycles. The Hall–Kier alpha value is -1.49. The Morgan fingerprint density at radius 2 is 2.18 bits per heavy atom. The van der Waals surface area contributed by atoms with Gasteiger partial charge in [-0.2, -0.15) is 5.26 Å². The van der Waals surface area contributed by atoms with Crippen molar-refractivity contribution in [3.63, 3.8) is 0 Å². The summed E-state index contributed by atoms with van der Waals surface area (Å²) in [6, 6.07) is 8.73. The molecule has 90 valence electrons. The molecule has 1 unspecified atom stereocenters. The molecular formula is C15H20N2. The lowest BCUT2D eigenvalue weighted by atomic mass is 9.92. The number of nitrogens with one attached hydrogen (secondary N) is 1. The summed E-state index contributed by atoms with van der Waals surface area (Å²) >= 11 is 0. The summed E-state index contributed by atoms with van der Waals surface area (Å²) in [5.74, 6) is 0. The number of rotatable bonds is 2. The molecule has 1 saturated carbocycles. The van der Waals surface area contributed by atoms with Crippen molar-refractivity contribution in [2.24, 2.45) is 5.41 Å². The van der Waals surface area contributed by atoms with Gasteiger partial charge in [0.2, 0.25) is 0 Å². The van der Waals surface area contributed by atoms with Crippen LogP contribution in [0, 0.1) is 23.7 Å². The van der Waals surface area contributed by atoms with E-state index in [9.17, 15) is 0 Å². The van der Waals surface area contributed by atoms with Gasteiger partial charge in [0.05, 0.1) is 11.3 Å². The molecule has 1 aromatic rings. The first-order valence-corrected chi connectivity index (χ1v) is 6.27. The number of benzene rings is 1. The third-order valence-corrected chi connectivity index (χ3v) is 3.62. The molecule has 1 aliphatic carbocycles. The summed E-state index contributed by atoms with van der Waals surface area (Å²) in [7, 11) is 0. The van der Waals surface area contributed by atoms with E-state index in [0.717, 1.165) is 11.3 Å². The van der Waals surface area contributed by atoms with E-state index < -0.39 is 0 Å². The molecule has 1 atom stereocenters. The molecule has 2 nitrogen and oxygen atoms in total. The molecule has 1 fully saturated rings. The summed E-state index contributed by atoms with van der Waals surface area (Å²) in [6.07, 6.45) is 3.65. The van der Waals surface area contributed by atoms with Crippen molar-refractivity contribution in [3.05, 3.63) is 29.3 Å². The van der Waals surface area contributed by atoms with Crippen LogP contribution in [0.5, 0.6) is 0 Å². The third kappa shape index (κ3) is 2.79. The van der Waals surface area contributed by atoms with Crippen LogP contribution in [0.1, 0.15) is 44.2 Å². The Labute approximate surface area is 104 Å². The third-order valence-electron chi connectivity index (χ3n) is 3.62. The number of nitriles is 1. The summed E-state index contributed by atoms with van der Waals surface area (Å²) in [5, 5.41) is 12.6. The predicted molar refractivity (Wildman–Crippen MR) is 70.9 cm³/mol. The van der Waals surface area contributed by atoms with Crippen LogP contribution in [0.25, 0.3) is 0 Å². The Bertz CT molecular complexity index is 454. The molecule has 0 radical (unpaired) electrons. The van der Waals surface area contributed by atoms with Gasteiger partial charge >= 0.3 is 0 Å². The number of hydrogen-bond donors (Lipinski definition) is 1. The lowest BCUT2D eigenvalue weighted by molar-refractivity contribution is 0.378. The largest absolute Gasteiger partial charge is 0.381 e. The summed E-state index contributed by atoms with van der Waals surface area (Å²) in [4.78, 5) is 0. The lowest BCUT2D eigenvalue weighted by Crippen LogP contribution is -2.18. The number of aryl methyl sites for hydroxylation is 1. The SMILES string of the molecule is Cc1ccc(C#N)c(NC2CCC(C)(C)C2)c1. The molecule has 2 rings (SSSR count). The second-order valence-electron chi connectivity index (χ2n) is 5.91. The van der Waals surface area contributed by atoms with Crippen molar-refractivity contribution in [2.45, 2.75) is 46.1 Å². The molecule has 0 bridgehead atoms. The van der Waals surface area contributed by atoms with Crippen LogP contribution in [0.3, 0.4) is 0 Å². The minimum atomic E-state index is 0.439. The van der Waals surface area contributed by atoms with E-state index in [0.29, 0.717) is 11.5 Å². The highest BCUT2D eigenvalue weighted by Crippen LogP contribution is 2.38. The van der Waals surface area contributed by atoms with Gasteiger partial charge in [0.15, 0.2) is 0 Å². The molecule has 0 spiro atoms. The number of anilines is 1. The van der Waals surface area contributed by atoms with Gasteiger partial charge in [-0.15, -0.1) is 0 Å². The first-order chi connectivity index (χ1) is 8.00. The van der Waals surface area contributed by atoms with Crippen molar-refractivity contribution in [1.82, 2.24) is 0 Å². The van der Waals surface area contributed by atoms with E-state index in [1.807, 2.05) is 12.1 Å². The zero-order valence-electron chi connectivity index (χ0n) is 10.9. The van der Waals surface area contributed by atoms with Crippen LogP contribution in [-0.4, -0.2) is 6.04 Å². The van der Waals surface area contributed by atoms with Crippen LogP contribution in [0.2, 0.25) is 0 Å². The second-order valence-corrected chi connectivity index (χ2v) is 5.91. The van der Waals surface area contributed by atoms with Crippen LogP contribution in [0.15, 0.2) is 18.2 Å². The van der Waals surface area contributed by atoms with E-state index in [1.54, 1.807) is 0 Å². The molecule has 0 aromatic heterocycles. The van der Waals surface area contributed by atoms with Gasteiger partial charge in [0.25, 0.3) is 0 Å². The quantitative estimate of drug-likeness (QED) is 0.834. The van der Waals surface area contributed by atoms with Crippen molar-refractivity contribution in [3.8, 4) is 6.07 Å². The molecular weight excluding hydrogens is 208 g/mol. The normalized spacial score (nSPS) is 22.1. The lowest BCUT2D eigenvalue weighted by Gasteiger charge is -2.19. The van der Waals surface area contributed by atoms with Crippen molar-refractivity contribution >= 4 is 5.69 Å². The van der Waals surface area contributed by atoms with Gasteiger partial charge in [0.1, 0.15) is 6.07 Å². The van der Waals surface area contributed by atoms with Crippen LogP contribution < -0.4 is 5.32 Å². The molecule has 0 saturated heterocycles. The van der Waals surface area contributed by atoms with Crippen molar-refractivity contribution in [1.29, 1.82) is 5.26 Å². The Balaban J connectivity index is 2.14. The maximum Gasteiger partial charge on any atom is 0.101 e. The molecule has 1 aliphatic rings. The predicted octanol–water partition coefficient (Wildman–Crippen LogP) is 3.86. The van der Waals surface area contributed by atoms with E-state index in [4.69, 9.17) is 5.26 Å². The summed E-state index contributed by atoms with van der Waals surface area (Å²) in [6.45, 7) is 6.69. The van der Waals surface area contributed by atoms with E-state index in [-0.39, 0.29) is 0 Å². The van der Waals surface area contributed by atoms with Crippen molar-refractivity contribution in [2.75, 3.05) is 5.32 Å². The van der Waals surface area contributed by atoms with Crippen LogP contribution in [0.4, 0.5) is 5.69 Å². The average molecular weight is 228 g/mol. The van der Waals surface area contributed by atoms with Gasteiger partial charge < -0.3 is 5.32 Å². The van der Waals surface area contributed by atoms with Gasteiger partial charge in [-0.25, -0.2) is 0 Å². The fourth-order valence-electron chi connectivity index (χ4n) is 2.65. The van der Waals surface area contributed by atoms with Crippen LogP contribution >= 0.6 is 0 Å². The van der Waals surface area contributed by atoms with E-state index in [2.05, 4.69) is 38.2 Å². The Morgan fingerprint density at radius 1 is 1.41 bits per heavy atom. The van der Waals surface area contributed by atoms with Gasteiger partial charge in [-0.3, -0.25) is 0 Å². The first kappa shape index (κ1) is 12.0. The zero-order valence-corrected chi connectivity index (χ0v) is 10.9. The highest BCUT2D eigenvalue weighted by atomic mass is 14.9. The molecule has 1 N–H and O–H groups in total. The Morgan fingerprint density at radius 3 is 2.76 bits per heavy atom. The average Bonchev–Trinajstić information content (AvgIpc) is 2.58. The Kier molecular flexibility index (Phi) is 3.11. The van der Waals surface area contributed by atoms with Gasteiger partial charge in [0, 0.05) is 6.04 Å². The zero-order chi connectivity index (χ0) is 12.5. The topological polar surface area (TPSA) is 35.8 Å². The summed E-state index contributed by atoms with van der Waals surface area (Å²) in [5.41, 5.74) is 3.38. The molecule has 0 aliphatic heterocycles. The van der Waals surface area contributed by atoms with Gasteiger partial charge in [-0.1, -0.05) is 19.9 Å². The second kappa shape index (κ2) is 4.41. The number of hydrogen-bond acceptors (Lipinski definition) is 2. The molecule has 2 heteroatoms. The van der Waals surface area contributed by atoms with Gasteiger partial charge in [-0.05, 0) is 49.3 Å². The van der Waals surface area contributed by atoms with E-state index >= 15 is 0 Å². The minimum absolute atomic E-state index is 0.439. The highest BCUT2D eigenvalue weighted by Gasteiger charge is 2.30. The fraction of sp³-hybridized carbons (Fsp3) is 0.533. The smallest absolute Gasteiger partial charge is 0.101 e. The fourth-order valence-corrected chi connectivity index (χ4v) is 2.65. The molecule has 17 heavy (non-hydrogen) atoms. The molecule has 0 heterocycles. The number of nitrogens with zero attached hydrogens (tertiary/aromatic N) is 1. The standard InChI is InChI=1S/C15H20N2/c1-11-4-5-12(10-16)14(8-11)17-13-6-7-15(2,3)9-13/h4-5,8,13,17H,6-7,9H2,1-3H3.